The first-order valence-corrected chi connectivity index (χ1v) is 13.4. The zero-order valence-electron chi connectivity index (χ0n) is 20.3. The highest BCUT2D eigenvalue weighted by molar-refractivity contribution is 7.90. The Labute approximate surface area is 206 Å². The van der Waals surface area contributed by atoms with E-state index in [0.717, 1.165) is 12.5 Å². The molecule has 1 aliphatic heterocycles. The predicted molar refractivity (Wildman–Crippen MR) is 126 cm³/mol. The van der Waals surface area contributed by atoms with E-state index in [1.54, 1.807) is 11.8 Å². The number of rotatable bonds is 6. The smallest absolute Gasteiger partial charge is 0.392 e. The summed E-state index contributed by atoms with van der Waals surface area (Å²) in [5, 5.41) is 19.8. The van der Waals surface area contributed by atoms with Crippen LogP contribution < -0.4 is 4.90 Å². The molecular formula is C23H28F3N5O4S. The van der Waals surface area contributed by atoms with Gasteiger partial charge in [-0.3, -0.25) is 0 Å². The summed E-state index contributed by atoms with van der Waals surface area (Å²) in [7, 11) is -3.62. The number of aliphatic hydroxyl groups is 2. The van der Waals surface area contributed by atoms with E-state index in [0.29, 0.717) is 23.4 Å². The van der Waals surface area contributed by atoms with E-state index in [-0.39, 0.29) is 40.9 Å². The topological polar surface area (TPSA) is 121 Å². The van der Waals surface area contributed by atoms with Gasteiger partial charge in [-0.1, -0.05) is 20.8 Å². The lowest BCUT2D eigenvalue weighted by atomic mass is 10.00. The molecule has 2 atom stereocenters. The highest BCUT2D eigenvalue weighted by Crippen LogP contribution is 2.39. The summed E-state index contributed by atoms with van der Waals surface area (Å²) in [5.74, 6) is 0.293. The van der Waals surface area contributed by atoms with Gasteiger partial charge in [0.1, 0.15) is 5.82 Å². The molecular weight excluding hydrogens is 499 g/mol. The molecule has 13 heteroatoms. The molecule has 0 amide bonds. The van der Waals surface area contributed by atoms with Crippen LogP contribution >= 0.6 is 0 Å². The number of halogens is 3. The molecule has 0 bridgehead atoms. The molecule has 9 nitrogen and oxygen atoms in total. The van der Waals surface area contributed by atoms with Gasteiger partial charge >= 0.3 is 6.18 Å². The predicted octanol–water partition coefficient (Wildman–Crippen LogP) is 3.40. The van der Waals surface area contributed by atoms with E-state index in [4.69, 9.17) is 4.98 Å². The van der Waals surface area contributed by atoms with Gasteiger partial charge in [0.05, 0.1) is 34.7 Å². The molecule has 4 rings (SSSR count). The number of aliphatic hydroxyl groups excluding tert-OH is 2. The fraction of sp³-hybridized carbons (Fsp3) is 0.522. The van der Waals surface area contributed by atoms with E-state index in [1.165, 1.54) is 12.1 Å². The maximum absolute atomic E-state index is 13.8. The lowest BCUT2D eigenvalue weighted by Gasteiger charge is -2.38. The minimum absolute atomic E-state index is 0.00643. The molecule has 0 radical (unpaired) electrons. The Morgan fingerprint density at radius 2 is 1.89 bits per heavy atom. The Hall–Kier alpha value is -2.77. The van der Waals surface area contributed by atoms with Gasteiger partial charge in [-0.2, -0.15) is 13.2 Å². The minimum Gasteiger partial charge on any atom is -0.392 e. The van der Waals surface area contributed by atoms with Gasteiger partial charge in [0, 0.05) is 31.1 Å². The minimum atomic E-state index is -4.78. The number of imidazole rings is 1. The molecule has 0 aliphatic carbocycles. The lowest BCUT2D eigenvalue weighted by Crippen LogP contribution is -2.42. The van der Waals surface area contributed by atoms with Crippen LogP contribution in [0.3, 0.4) is 0 Å². The monoisotopic (exact) mass is 527 g/mol. The van der Waals surface area contributed by atoms with Gasteiger partial charge in [-0.05, 0) is 30.0 Å². The highest BCUT2D eigenvalue weighted by atomic mass is 32.2. The number of sulfone groups is 1. The SMILES string of the molecule is CC[C@H](O)c1cnc(N2CCn3c(nc4cc(CO)c(S(C)(=O)=O)cc43)[C@@H]2C(C)C)nc1C(F)(F)F. The Balaban J connectivity index is 1.87. The van der Waals surface area contributed by atoms with Crippen LogP contribution in [0.25, 0.3) is 11.0 Å². The van der Waals surface area contributed by atoms with Crippen LogP contribution in [0.2, 0.25) is 0 Å². The van der Waals surface area contributed by atoms with Crippen molar-refractivity contribution in [3.63, 3.8) is 0 Å². The van der Waals surface area contributed by atoms with Crippen LogP contribution in [0.1, 0.15) is 62.0 Å². The van der Waals surface area contributed by atoms with Gasteiger partial charge in [-0.25, -0.2) is 23.4 Å². The van der Waals surface area contributed by atoms with Crippen LogP contribution in [0.15, 0.2) is 23.2 Å². The van der Waals surface area contributed by atoms with Gasteiger partial charge in [0.15, 0.2) is 15.5 Å². The summed E-state index contributed by atoms with van der Waals surface area (Å²) in [6.07, 6.45) is -3.94. The molecule has 0 saturated carbocycles. The van der Waals surface area contributed by atoms with Gasteiger partial charge in [0.25, 0.3) is 0 Å². The Kier molecular flexibility index (Phi) is 6.77. The molecule has 0 unspecified atom stereocenters. The summed E-state index contributed by atoms with van der Waals surface area (Å²) >= 11 is 0. The molecule has 3 aromatic rings. The Morgan fingerprint density at radius 3 is 2.44 bits per heavy atom. The second-order valence-corrected chi connectivity index (χ2v) is 11.3. The summed E-state index contributed by atoms with van der Waals surface area (Å²) < 4.78 is 67.9. The molecule has 0 saturated heterocycles. The van der Waals surface area contributed by atoms with E-state index in [9.17, 15) is 31.8 Å². The third kappa shape index (κ3) is 4.55. The third-order valence-corrected chi connectivity index (χ3v) is 7.58. The number of hydrogen-bond donors (Lipinski definition) is 2. The number of nitrogens with zero attached hydrogens (tertiary/aromatic N) is 5. The Morgan fingerprint density at radius 1 is 1.19 bits per heavy atom. The summed E-state index contributed by atoms with van der Waals surface area (Å²) in [4.78, 5) is 14.4. The summed E-state index contributed by atoms with van der Waals surface area (Å²) in [5.41, 5.74) is -0.280. The summed E-state index contributed by atoms with van der Waals surface area (Å²) in [6, 6.07) is 2.50. The first-order chi connectivity index (χ1) is 16.8. The second-order valence-electron chi connectivity index (χ2n) is 9.28. The van der Waals surface area contributed by atoms with E-state index >= 15 is 0 Å². The zero-order chi connectivity index (χ0) is 26.6. The number of anilines is 1. The van der Waals surface area contributed by atoms with Crippen molar-refractivity contribution in [2.24, 2.45) is 5.92 Å². The average molecular weight is 528 g/mol. The maximum Gasteiger partial charge on any atom is 0.433 e. The molecule has 2 N–H and O–H groups in total. The van der Waals surface area contributed by atoms with E-state index < -0.39 is 40.5 Å². The fourth-order valence-corrected chi connectivity index (χ4v) is 5.65. The van der Waals surface area contributed by atoms with Crippen molar-refractivity contribution >= 4 is 26.8 Å². The van der Waals surface area contributed by atoms with Crippen molar-refractivity contribution in [1.82, 2.24) is 19.5 Å². The van der Waals surface area contributed by atoms with Crippen molar-refractivity contribution in [3.05, 3.63) is 41.0 Å². The Bertz CT molecular complexity index is 1400. The lowest BCUT2D eigenvalue weighted by molar-refractivity contribution is -0.142. The molecule has 1 aromatic carbocycles. The van der Waals surface area contributed by atoms with E-state index in [1.807, 2.05) is 18.4 Å². The normalized spacial score (nSPS) is 17.6. The second kappa shape index (κ2) is 9.27. The quantitative estimate of drug-likeness (QED) is 0.500. The molecule has 2 aromatic heterocycles. The van der Waals surface area contributed by atoms with Gasteiger partial charge in [0.2, 0.25) is 5.95 Å². The first kappa shape index (κ1) is 26.3. The van der Waals surface area contributed by atoms with Gasteiger partial charge in [-0.15, -0.1) is 0 Å². The number of aromatic nitrogens is 4. The first-order valence-electron chi connectivity index (χ1n) is 11.5. The number of benzene rings is 1. The zero-order valence-corrected chi connectivity index (χ0v) is 21.1. The number of hydrogen-bond acceptors (Lipinski definition) is 8. The molecule has 0 spiro atoms. The molecule has 1 aliphatic rings. The molecule has 196 valence electrons. The van der Waals surface area contributed by atoms with Crippen molar-refractivity contribution in [2.45, 2.75) is 63.6 Å². The maximum atomic E-state index is 13.8. The van der Waals surface area contributed by atoms with Crippen molar-refractivity contribution < 1.29 is 31.8 Å². The average Bonchev–Trinajstić information content (AvgIpc) is 3.17. The molecule has 36 heavy (non-hydrogen) atoms. The van der Waals surface area contributed by atoms with E-state index in [2.05, 4.69) is 9.97 Å². The summed E-state index contributed by atoms with van der Waals surface area (Å²) in [6.45, 7) is 5.44. The van der Waals surface area contributed by atoms with Crippen LogP contribution in [-0.4, -0.2) is 51.0 Å². The number of alkyl halides is 3. The molecule has 3 heterocycles. The highest BCUT2D eigenvalue weighted by Gasteiger charge is 2.40. The van der Waals surface area contributed by atoms with Crippen LogP contribution in [0.5, 0.6) is 0 Å². The standard InChI is InChI=1S/C23H28F3N5O4S/c1-5-17(33)14-10-27-22(29-20(14)23(24,25)26)31-7-6-30-16-9-18(36(4,34)35)13(11-32)8-15(16)28-21(30)19(31)12(2)3/h8-10,12,17,19,32-33H,5-7,11H2,1-4H3/t17-,19-/m0/s1. The van der Waals surface area contributed by atoms with Crippen molar-refractivity contribution in [1.29, 1.82) is 0 Å². The van der Waals surface area contributed by atoms with Crippen LogP contribution in [0, 0.1) is 5.92 Å². The van der Waals surface area contributed by atoms with Crippen molar-refractivity contribution in [3.8, 4) is 0 Å². The molecule has 0 fully saturated rings. The van der Waals surface area contributed by atoms with Crippen LogP contribution in [0.4, 0.5) is 19.1 Å². The third-order valence-electron chi connectivity index (χ3n) is 6.40. The number of fused-ring (bicyclic) bond motifs is 3. The van der Waals surface area contributed by atoms with Crippen LogP contribution in [-0.2, 0) is 29.2 Å². The largest absolute Gasteiger partial charge is 0.433 e. The van der Waals surface area contributed by atoms with Gasteiger partial charge < -0.3 is 19.7 Å². The fourth-order valence-electron chi connectivity index (χ4n) is 4.72. The van der Waals surface area contributed by atoms with Crippen molar-refractivity contribution in [2.75, 3.05) is 17.7 Å².